The van der Waals surface area contributed by atoms with Gasteiger partial charge in [0.2, 0.25) is 23.6 Å². The number of carbonyl (C=O) groups excluding carboxylic acids is 4. The first kappa shape index (κ1) is 28.3. The van der Waals surface area contributed by atoms with Gasteiger partial charge in [-0.15, -0.1) is 0 Å². The summed E-state index contributed by atoms with van der Waals surface area (Å²) < 4.78 is 0. The highest BCUT2D eigenvalue weighted by Crippen LogP contribution is 2.09. The Labute approximate surface area is 219 Å². The number of primary amides is 1. The summed E-state index contributed by atoms with van der Waals surface area (Å²) in [5.74, 6) is -3.70. The molecular weight excluding hydrogens is 494 g/mol. The van der Waals surface area contributed by atoms with Gasteiger partial charge in [-0.25, -0.2) is 9.78 Å². The third kappa shape index (κ3) is 8.69. The SMILES string of the molecule is NC(=O)CCC(NC(=O)C1CCCN1)C(=O)NC(Cc1cnc[nH]1)C(=O)NC(Cc1ccccc1)C(=O)O. The number of carboxylic acids is 1. The first-order chi connectivity index (χ1) is 18.2. The van der Waals surface area contributed by atoms with E-state index in [4.69, 9.17) is 5.73 Å². The molecule has 4 amide bonds. The van der Waals surface area contributed by atoms with E-state index in [0.29, 0.717) is 24.2 Å². The number of rotatable bonds is 14. The number of carbonyl (C=O) groups is 5. The number of aromatic amines is 1. The van der Waals surface area contributed by atoms with Crippen molar-refractivity contribution in [3.63, 3.8) is 0 Å². The Morgan fingerprint density at radius 1 is 1.00 bits per heavy atom. The summed E-state index contributed by atoms with van der Waals surface area (Å²) in [5.41, 5.74) is 6.49. The van der Waals surface area contributed by atoms with Crippen LogP contribution in [0.4, 0.5) is 0 Å². The summed E-state index contributed by atoms with van der Waals surface area (Å²) in [6.45, 7) is 0.677. The highest BCUT2D eigenvalue weighted by atomic mass is 16.4. The van der Waals surface area contributed by atoms with Gasteiger partial charge in [0.15, 0.2) is 0 Å². The van der Waals surface area contributed by atoms with E-state index >= 15 is 0 Å². The highest BCUT2D eigenvalue weighted by molar-refractivity contribution is 5.94. The molecule has 1 aliphatic heterocycles. The van der Waals surface area contributed by atoms with Gasteiger partial charge in [0, 0.05) is 31.2 Å². The number of imidazole rings is 1. The summed E-state index contributed by atoms with van der Waals surface area (Å²) in [7, 11) is 0. The van der Waals surface area contributed by atoms with Gasteiger partial charge >= 0.3 is 5.97 Å². The number of aliphatic carboxylic acids is 1. The van der Waals surface area contributed by atoms with Crippen LogP contribution in [0.25, 0.3) is 0 Å². The number of carboxylic acid groups (broad SMARTS) is 1. The number of benzene rings is 1. The number of aromatic nitrogens is 2. The van der Waals surface area contributed by atoms with E-state index in [1.54, 1.807) is 30.3 Å². The molecule has 1 fully saturated rings. The predicted molar refractivity (Wildman–Crippen MR) is 135 cm³/mol. The van der Waals surface area contributed by atoms with Crippen molar-refractivity contribution in [2.24, 2.45) is 5.73 Å². The molecule has 0 aliphatic carbocycles. The van der Waals surface area contributed by atoms with Crippen molar-refractivity contribution in [3.8, 4) is 0 Å². The molecule has 38 heavy (non-hydrogen) atoms. The predicted octanol–water partition coefficient (Wildman–Crippen LogP) is -1.25. The standard InChI is InChI=1S/C25H33N7O6/c26-21(33)9-8-18(30-22(34)17-7-4-10-28-17)23(35)31-19(12-16-13-27-14-29-16)24(36)32-20(25(37)38)11-15-5-2-1-3-6-15/h1-3,5-6,13-14,17-20,28H,4,7-12H2,(H2,26,33)(H,27,29)(H,30,34)(H,31,35)(H,32,36)(H,37,38). The number of hydrogen-bond donors (Lipinski definition) is 7. The van der Waals surface area contributed by atoms with Gasteiger partial charge < -0.3 is 37.1 Å². The Balaban J connectivity index is 1.74. The Hall–Kier alpha value is -4.26. The summed E-state index contributed by atoms with van der Waals surface area (Å²) in [6, 6.07) is 4.78. The molecule has 1 aromatic heterocycles. The Bertz CT molecular complexity index is 1100. The van der Waals surface area contributed by atoms with E-state index in [-0.39, 0.29) is 25.7 Å². The van der Waals surface area contributed by atoms with Crippen molar-refractivity contribution >= 4 is 29.6 Å². The third-order valence-corrected chi connectivity index (χ3v) is 6.20. The molecular formula is C25H33N7O6. The molecule has 4 atom stereocenters. The summed E-state index contributed by atoms with van der Waals surface area (Å²) >= 11 is 0. The van der Waals surface area contributed by atoms with Crippen LogP contribution < -0.4 is 27.0 Å². The minimum Gasteiger partial charge on any atom is -0.480 e. The zero-order chi connectivity index (χ0) is 27.5. The fourth-order valence-corrected chi connectivity index (χ4v) is 4.16. The van der Waals surface area contributed by atoms with Crippen molar-refractivity contribution in [1.82, 2.24) is 31.2 Å². The summed E-state index contributed by atoms with van der Waals surface area (Å²) in [5, 5.41) is 20.5. The molecule has 204 valence electrons. The van der Waals surface area contributed by atoms with E-state index in [1.807, 2.05) is 0 Å². The minimum atomic E-state index is -1.25. The number of nitrogens with one attached hydrogen (secondary N) is 5. The maximum absolute atomic E-state index is 13.2. The van der Waals surface area contributed by atoms with Gasteiger partial charge in [0.1, 0.15) is 18.1 Å². The van der Waals surface area contributed by atoms with Gasteiger partial charge in [-0.1, -0.05) is 30.3 Å². The molecule has 1 saturated heterocycles. The number of hydrogen-bond acceptors (Lipinski definition) is 7. The molecule has 0 saturated carbocycles. The summed E-state index contributed by atoms with van der Waals surface area (Å²) in [6.07, 6.45) is 4.11. The van der Waals surface area contributed by atoms with Gasteiger partial charge in [-0.05, 0) is 31.4 Å². The van der Waals surface area contributed by atoms with Crippen molar-refractivity contribution in [1.29, 1.82) is 0 Å². The van der Waals surface area contributed by atoms with Crippen LogP contribution in [0, 0.1) is 0 Å². The molecule has 13 heteroatoms. The van der Waals surface area contributed by atoms with Crippen molar-refractivity contribution in [3.05, 3.63) is 54.1 Å². The number of H-pyrrole nitrogens is 1. The second-order valence-corrected chi connectivity index (χ2v) is 9.15. The lowest BCUT2D eigenvalue weighted by Crippen LogP contribution is -2.58. The molecule has 1 aliphatic rings. The van der Waals surface area contributed by atoms with Crippen LogP contribution in [-0.4, -0.2) is 75.4 Å². The van der Waals surface area contributed by atoms with E-state index < -0.39 is 53.8 Å². The second-order valence-electron chi connectivity index (χ2n) is 9.15. The first-order valence-corrected chi connectivity index (χ1v) is 12.4. The Kier molecular flexibility index (Phi) is 10.3. The van der Waals surface area contributed by atoms with E-state index in [1.165, 1.54) is 12.5 Å². The van der Waals surface area contributed by atoms with Gasteiger partial charge in [-0.3, -0.25) is 19.2 Å². The lowest BCUT2D eigenvalue weighted by Gasteiger charge is -2.25. The van der Waals surface area contributed by atoms with E-state index in [2.05, 4.69) is 31.2 Å². The fourth-order valence-electron chi connectivity index (χ4n) is 4.16. The average Bonchev–Trinajstić information content (AvgIpc) is 3.60. The highest BCUT2D eigenvalue weighted by Gasteiger charge is 2.32. The molecule has 0 spiro atoms. The van der Waals surface area contributed by atoms with Crippen LogP contribution in [0.5, 0.6) is 0 Å². The van der Waals surface area contributed by atoms with Crippen LogP contribution in [-0.2, 0) is 36.8 Å². The minimum absolute atomic E-state index is 0.0179. The quantitative estimate of drug-likeness (QED) is 0.157. The molecule has 2 heterocycles. The molecule has 0 bridgehead atoms. The van der Waals surface area contributed by atoms with Gasteiger partial charge in [0.25, 0.3) is 0 Å². The largest absolute Gasteiger partial charge is 0.480 e. The monoisotopic (exact) mass is 527 g/mol. The number of amides is 4. The van der Waals surface area contributed by atoms with Crippen LogP contribution >= 0.6 is 0 Å². The Morgan fingerprint density at radius 3 is 2.32 bits per heavy atom. The molecule has 2 aromatic rings. The molecule has 8 N–H and O–H groups in total. The fraction of sp³-hybridized carbons (Fsp3) is 0.440. The molecule has 3 rings (SSSR count). The van der Waals surface area contributed by atoms with E-state index in [0.717, 1.165) is 6.42 Å². The number of nitrogens with zero attached hydrogens (tertiary/aromatic N) is 1. The van der Waals surface area contributed by atoms with Crippen LogP contribution in [0.1, 0.15) is 36.9 Å². The zero-order valence-corrected chi connectivity index (χ0v) is 20.8. The number of nitrogens with two attached hydrogens (primary N) is 1. The molecule has 13 nitrogen and oxygen atoms in total. The molecule has 1 aromatic carbocycles. The zero-order valence-electron chi connectivity index (χ0n) is 20.8. The lowest BCUT2D eigenvalue weighted by molar-refractivity contribution is -0.142. The smallest absolute Gasteiger partial charge is 0.326 e. The van der Waals surface area contributed by atoms with Crippen molar-refractivity contribution in [2.45, 2.75) is 62.7 Å². The van der Waals surface area contributed by atoms with Crippen molar-refractivity contribution < 1.29 is 29.1 Å². The van der Waals surface area contributed by atoms with E-state index in [9.17, 15) is 29.1 Å². The van der Waals surface area contributed by atoms with Crippen LogP contribution in [0.3, 0.4) is 0 Å². The van der Waals surface area contributed by atoms with Gasteiger partial charge in [-0.2, -0.15) is 0 Å². The second kappa shape index (κ2) is 13.9. The molecule has 4 unspecified atom stereocenters. The maximum Gasteiger partial charge on any atom is 0.326 e. The Morgan fingerprint density at radius 2 is 1.71 bits per heavy atom. The normalized spacial score (nSPS) is 17.1. The average molecular weight is 528 g/mol. The lowest BCUT2D eigenvalue weighted by atomic mass is 10.0. The first-order valence-electron chi connectivity index (χ1n) is 12.4. The topological polar surface area (TPSA) is 208 Å². The summed E-state index contributed by atoms with van der Waals surface area (Å²) in [4.78, 5) is 69.2. The van der Waals surface area contributed by atoms with Crippen molar-refractivity contribution in [2.75, 3.05) is 6.54 Å². The van der Waals surface area contributed by atoms with Gasteiger partial charge in [0.05, 0.1) is 12.4 Å². The molecule has 0 radical (unpaired) electrons. The maximum atomic E-state index is 13.2. The third-order valence-electron chi connectivity index (χ3n) is 6.20. The van der Waals surface area contributed by atoms with Crippen LogP contribution in [0.2, 0.25) is 0 Å². The van der Waals surface area contributed by atoms with Crippen LogP contribution in [0.15, 0.2) is 42.9 Å².